The molecule has 167 valence electrons. The molecule has 0 heterocycles. The van der Waals surface area contributed by atoms with Crippen molar-refractivity contribution in [3.63, 3.8) is 0 Å². The largest absolute Gasteiger partial charge is 1.00 e. The molecule has 0 nitrogen and oxygen atoms in total. The Kier molecular flexibility index (Phi) is 10.7. The van der Waals surface area contributed by atoms with E-state index in [2.05, 4.69) is 99.8 Å². The van der Waals surface area contributed by atoms with Gasteiger partial charge in [0.25, 0.3) is 0 Å². The van der Waals surface area contributed by atoms with Crippen molar-refractivity contribution >= 4 is 5.92 Å². The average molecular weight is 560 g/mol. The Morgan fingerprint density at radius 2 is 1.03 bits per heavy atom. The Hall–Kier alpha value is -0.920. The van der Waals surface area contributed by atoms with Gasteiger partial charge >= 0.3 is 192 Å². The molecule has 0 saturated carbocycles. The zero-order valence-corrected chi connectivity index (χ0v) is 24.7. The van der Waals surface area contributed by atoms with Gasteiger partial charge in [0.05, 0.1) is 0 Å². The van der Waals surface area contributed by atoms with Crippen molar-refractivity contribution in [2.75, 3.05) is 0 Å². The summed E-state index contributed by atoms with van der Waals surface area (Å²) in [5.74, 6) is -0.701. The number of rotatable bonds is 7. The average Bonchev–Trinajstić information content (AvgIpc) is 3.26. The summed E-state index contributed by atoms with van der Waals surface area (Å²) in [6.45, 7) is 10.1. The van der Waals surface area contributed by atoms with Crippen molar-refractivity contribution in [2.45, 2.75) is 52.6 Å². The minimum Gasteiger partial charge on any atom is -1.00 e. The van der Waals surface area contributed by atoms with Crippen LogP contribution in [0.5, 0.6) is 0 Å². The summed E-state index contributed by atoms with van der Waals surface area (Å²) in [5.41, 5.74) is 9.53. The van der Waals surface area contributed by atoms with Gasteiger partial charge in [0.1, 0.15) is 0 Å². The Labute approximate surface area is 215 Å². The van der Waals surface area contributed by atoms with Crippen molar-refractivity contribution in [1.29, 1.82) is 0 Å². The first-order valence-corrected chi connectivity index (χ1v) is 20.9. The SMILES string of the molecule is CC1=[C]([Zr+2]([C]2=C(C)CC(Cc3ccccc3)=C2)[SiH](C)C)C=C(Cc2ccccc2)C1.[Cl-].[Cl-]. The smallest absolute Gasteiger partial charge is 1.00 e. The summed E-state index contributed by atoms with van der Waals surface area (Å²) < 4.78 is 3.66. The molecule has 2 aromatic carbocycles. The molecule has 0 saturated heterocycles. The fourth-order valence-electron chi connectivity index (χ4n) is 4.95. The van der Waals surface area contributed by atoms with Crippen molar-refractivity contribution in [3.05, 3.63) is 113 Å². The maximum absolute atomic E-state index is 2.65. The summed E-state index contributed by atoms with van der Waals surface area (Å²) in [6.07, 6.45) is 9.92. The van der Waals surface area contributed by atoms with Crippen LogP contribution in [-0.4, -0.2) is 5.92 Å². The molecule has 4 rings (SSSR count). The Balaban J connectivity index is 0.00000181. The predicted octanol–water partition coefficient (Wildman–Crippen LogP) is 1.29. The number of halogens is 2. The van der Waals surface area contributed by atoms with Gasteiger partial charge in [-0.15, -0.1) is 0 Å². The quantitative estimate of drug-likeness (QED) is 0.449. The van der Waals surface area contributed by atoms with E-state index in [1.165, 1.54) is 24.0 Å². The van der Waals surface area contributed by atoms with Gasteiger partial charge in [-0.05, 0) is 0 Å². The minimum atomic E-state index is -1.79. The molecule has 0 aliphatic heterocycles. The second-order valence-corrected chi connectivity index (χ2v) is 28.2. The molecule has 0 aromatic heterocycles. The summed E-state index contributed by atoms with van der Waals surface area (Å²) >= 11 is -1.79. The van der Waals surface area contributed by atoms with Crippen LogP contribution < -0.4 is 24.8 Å². The van der Waals surface area contributed by atoms with Crippen LogP contribution in [0.2, 0.25) is 13.1 Å². The number of benzene rings is 2. The van der Waals surface area contributed by atoms with E-state index in [0.29, 0.717) is 0 Å². The van der Waals surface area contributed by atoms with E-state index in [4.69, 9.17) is 0 Å². The van der Waals surface area contributed by atoms with Crippen LogP contribution in [0.25, 0.3) is 0 Å². The molecule has 0 spiro atoms. The third kappa shape index (κ3) is 6.57. The standard InChI is InChI=1S/2C13H13.C2H7Si.2ClH.Zr/c2*1-11-7-8-13(9-11)10-12-5-3-2-4-6-12;1-3-2;;;/h2*2-6,8H,9-10H2,1H3;3H,1-2H3;2*1H;/q;;;;;+2/p-2. The number of allylic oxidation sites excluding steroid dienone is 8. The topological polar surface area (TPSA) is 0 Å². The fourth-order valence-corrected chi connectivity index (χ4v) is 24.4. The normalized spacial score (nSPS) is 15.4. The van der Waals surface area contributed by atoms with Crippen LogP contribution in [0.3, 0.4) is 0 Å². The van der Waals surface area contributed by atoms with E-state index in [1.54, 1.807) is 22.3 Å². The van der Waals surface area contributed by atoms with E-state index in [-0.39, 0.29) is 24.8 Å². The second-order valence-electron chi connectivity index (χ2n) is 9.24. The molecule has 2 aliphatic rings. The van der Waals surface area contributed by atoms with E-state index >= 15 is 0 Å². The van der Waals surface area contributed by atoms with Crippen molar-refractivity contribution in [2.24, 2.45) is 0 Å². The Bertz CT molecular complexity index is 952. The van der Waals surface area contributed by atoms with Crippen molar-refractivity contribution in [1.82, 2.24) is 0 Å². The van der Waals surface area contributed by atoms with E-state index in [1.807, 2.05) is 6.56 Å². The van der Waals surface area contributed by atoms with Gasteiger partial charge in [-0.3, -0.25) is 0 Å². The van der Waals surface area contributed by atoms with E-state index in [9.17, 15) is 0 Å². The van der Waals surface area contributed by atoms with Crippen LogP contribution in [0, 0.1) is 0 Å². The minimum absolute atomic E-state index is 0. The third-order valence-corrected chi connectivity index (χ3v) is 25.3. The van der Waals surface area contributed by atoms with Gasteiger partial charge in [0.15, 0.2) is 0 Å². The predicted molar refractivity (Wildman–Crippen MR) is 130 cm³/mol. The molecule has 0 amide bonds. The Morgan fingerprint density at radius 3 is 1.38 bits per heavy atom. The summed E-state index contributed by atoms with van der Waals surface area (Å²) in [5, 5.41) is 0. The van der Waals surface area contributed by atoms with Gasteiger partial charge in [-0.25, -0.2) is 0 Å². The van der Waals surface area contributed by atoms with Gasteiger partial charge < -0.3 is 24.8 Å². The van der Waals surface area contributed by atoms with E-state index in [0.717, 1.165) is 12.8 Å². The third-order valence-electron chi connectivity index (χ3n) is 6.31. The zero-order chi connectivity index (χ0) is 21.1. The molecule has 4 heteroatoms. The van der Waals surface area contributed by atoms with Crippen LogP contribution in [-0.2, 0) is 33.8 Å². The van der Waals surface area contributed by atoms with Crippen LogP contribution in [0.1, 0.15) is 37.8 Å². The van der Waals surface area contributed by atoms with Crippen molar-refractivity contribution in [3.8, 4) is 0 Å². The van der Waals surface area contributed by atoms with Crippen LogP contribution >= 0.6 is 0 Å². The van der Waals surface area contributed by atoms with Crippen LogP contribution in [0.4, 0.5) is 0 Å². The second kappa shape index (κ2) is 12.5. The molecule has 0 N–H and O–H groups in total. The van der Waals surface area contributed by atoms with E-state index < -0.39 is 26.8 Å². The molecule has 2 aromatic rings. The first-order chi connectivity index (χ1) is 14.5. The summed E-state index contributed by atoms with van der Waals surface area (Å²) in [4.78, 5) is 0. The summed E-state index contributed by atoms with van der Waals surface area (Å²) in [7, 11) is 0. The number of hydrogen-bond donors (Lipinski definition) is 0. The van der Waals surface area contributed by atoms with Gasteiger partial charge in [0, 0.05) is 0 Å². The molecular weight excluding hydrogens is 527 g/mol. The fraction of sp³-hybridized carbons (Fsp3) is 0.286. The molecule has 0 fully saturated rings. The molecular formula is C28H33Cl2SiZr. The zero-order valence-electron chi connectivity index (χ0n) is 19.6. The first kappa shape index (κ1) is 27.3. The van der Waals surface area contributed by atoms with Crippen molar-refractivity contribution < 1.29 is 45.7 Å². The van der Waals surface area contributed by atoms with Crippen LogP contribution in [0.15, 0.2) is 102 Å². The monoisotopic (exact) mass is 557 g/mol. The maximum atomic E-state index is 2.65. The molecule has 0 radical (unpaired) electrons. The van der Waals surface area contributed by atoms with Gasteiger partial charge in [-0.1, -0.05) is 0 Å². The summed E-state index contributed by atoms with van der Waals surface area (Å²) in [6, 6.07) is 22.0. The first-order valence-electron chi connectivity index (χ1n) is 11.2. The van der Waals surface area contributed by atoms with Gasteiger partial charge in [0.2, 0.25) is 0 Å². The maximum Gasteiger partial charge on any atom is -1.00 e. The molecule has 0 unspecified atom stereocenters. The molecule has 32 heavy (non-hydrogen) atoms. The van der Waals surface area contributed by atoms with Gasteiger partial charge in [-0.2, -0.15) is 0 Å². The molecule has 0 atom stereocenters. The number of hydrogen-bond acceptors (Lipinski definition) is 0. The molecule has 0 bridgehead atoms. The molecule has 2 aliphatic carbocycles. The Morgan fingerprint density at radius 1 is 0.656 bits per heavy atom.